The molecule has 1 aliphatic heterocycles. The lowest BCUT2D eigenvalue weighted by Gasteiger charge is -2.30. The summed E-state index contributed by atoms with van der Waals surface area (Å²) in [4.78, 5) is 13.7. The van der Waals surface area contributed by atoms with Gasteiger partial charge in [-0.2, -0.15) is 0 Å². The molecule has 4 nitrogen and oxygen atoms in total. The topological polar surface area (TPSA) is 49.8 Å². The van der Waals surface area contributed by atoms with Gasteiger partial charge in [-0.1, -0.05) is 38.1 Å². The van der Waals surface area contributed by atoms with Gasteiger partial charge in [0.15, 0.2) is 0 Å². The number of benzene rings is 1. The summed E-state index contributed by atoms with van der Waals surface area (Å²) in [5, 5.41) is 9.36. The van der Waals surface area contributed by atoms with E-state index in [0.717, 1.165) is 25.9 Å². The molecule has 1 aromatic carbocycles. The standard InChI is InChI=1S/C17H25NO3/c1-3-9-18(16-12-21-11-15(16)17(19)20)10-14-8-6-5-7-13(14)4-2/h5-8,15-16H,3-4,9-12H2,1-2H3,(H,19,20). The first kappa shape index (κ1) is 16.0. The monoisotopic (exact) mass is 291 g/mol. The van der Waals surface area contributed by atoms with Gasteiger partial charge >= 0.3 is 5.97 Å². The van der Waals surface area contributed by atoms with Gasteiger partial charge in [0.25, 0.3) is 0 Å². The van der Waals surface area contributed by atoms with Crippen LogP contribution in [0.3, 0.4) is 0 Å². The third-order valence-corrected chi connectivity index (χ3v) is 4.22. The zero-order valence-electron chi connectivity index (χ0n) is 12.9. The summed E-state index contributed by atoms with van der Waals surface area (Å²) in [5.74, 6) is -1.16. The summed E-state index contributed by atoms with van der Waals surface area (Å²) in [7, 11) is 0. The highest BCUT2D eigenvalue weighted by Gasteiger charge is 2.37. The number of carboxylic acid groups (broad SMARTS) is 1. The van der Waals surface area contributed by atoms with Crippen molar-refractivity contribution in [2.75, 3.05) is 19.8 Å². The molecule has 1 saturated heterocycles. The Morgan fingerprint density at radius 3 is 2.62 bits per heavy atom. The molecule has 2 rings (SSSR count). The number of hydrogen-bond acceptors (Lipinski definition) is 3. The Kier molecular flexibility index (Phi) is 5.76. The molecule has 1 heterocycles. The van der Waals surface area contributed by atoms with Crippen LogP contribution >= 0.6 is 0 Å². The lowest BCUT2D eigenvalue weighted by atomic mass is 9.99. The minimum absolute atomic E-state index is 0.0210. The SMILES string of the molecule is CCCN(Cc1ccccc1CC)C1COCC1C(=O)O. The maximum absolute atomic E-state index is 11.4. The van der Waals surface area contributed by atoms with Gasteiger partial charge in [0.1, 0.15) is 0 Å². The Labute approximate surface area is 126 Å². The van der Waals surface area contributed by atoms with Crippen molar-refractivity contribution in [3.05, 3.63) is 35.4 Å². The van der Waals surface area contributed by atoms with Crippen molar-refractivity contribution < 1.29 is 14.6 Å². The van der Waals surface area contributed by atoms with Crippen LogP contribution in [0.1, 0.15) is 31.4 Å². The van der Waals surface area contributed by atoms with Crippen LogP contribution in [0.4, 0.5) is 0 Å². The summed E-state index contributed by atoms with van der Waals surface area (Å²) in [5.41, 5.74) is 2.63. The van der Waals surface area contributed by atoms with E-state index in [2.05, 4.69) is 43.0 Å². The molecular formula is C17H25NO3. The van der Waals surface area contributed by atoms with Gasteiger partial charge < -0.3 is 9.84 Å². The zero-order valence-corrected chi connectivity index (χ0v) is 12.9. The molecule has 0 spiro atoms. The molecule has 0 saturated carbocycles. The number of aryl methyl sites for hydroxylation is 1. The highest BCUT2D eigenvalue weighted by atomic mass is 16.5. The Morgan fingerprint density at radius 2 is 2.00 bits per heavy atom. The number of nitrogens with zero attached hydrogens (tertiary/aromatic N) is 1. The van der Waals surface area contributed by atoms with E-state index < -0.39 is 11.9 Å². The molecule has 0 bridgehead atoms. The molecule has 2 atom stereocenters. The van der Waals surface area contributed by atoms with Gasteiger partial charge in [0.05, 0.1) is 19.1 Å². The predicted octanol–water partition coefficient (Wildman–Crippen LogP) is 2.56. The summed E-state index contributed by atoms with van der Waals surface area (Å²) in [6.45, 7) is 6.83. The maximum Gasteiger partial charge on any atom is 0.310 e. The number of carbonyl (C=O) groups is 1. The van der Waals surface area contributed by atoms with Crippen molar-refractivity contribution in [3.8, 4) is 0 Å². The first-order chi connectivity index (χ1) is 10.2. The predicted molar refractivity (Wildman–Crippen MR) is 82.3 cm³/mol. The fourth-order valence-electron chi connectivity index (χ4n) is 3.06. The van der Waals surface area contributed by atoms with Crippen LogP contribution in [0.5, 0.6) is 0 Å². The van der Waals surface area contributed by atoms with Crippen LogP contribution in [0.2, 0.25) is 0 Å². The minimum Gasteiger partial charge on any atom is -0.481 e. The van der Waals surface area contributed by atoms with Crippen molar-refractivity contribution in [1.82, 2.24) is 4.90 Å². The van der Waals surface area contributed by atoms with Crippen molar-refractivity contribution >= 4 is 5.97 Å². The third kappa shape index (κ3) is 3.83. The van der Waals surface area contributed by atoms with E-state index >= 15 is 0 Å². The molecule has 4 heteroatoms. The minimum atomic E-state index is -0.748. The van der Waals surface area contributed by atoms with E-state index in [4.69, 9.17) is 4.74 Å². The Bertz CT molecular complexity index is 475. The van der Waals surface area contributed by atoms with E-state index in [1.807, 2.05) is 0 Å². The van der Waals surface area contributed by atoms with Gasteiger partial charge in [-0.15, -0.1) is 0 Å². The number of rotatable bonds is 7. The second kappa shape index (κ2) is 7.57. The molecule has 1 N–H and O–H groups in total. The van der Waals surface area contributed by atoms with Crippen LogP contribution in [0.15, 0.2) is 24.3 Å². The van der Waals surface area contributed by atoms with Crippen molar-refractivity contribution in [1.29, 1.82) is 0 Å². The van der Waals surface area contributed by atoms with Crippen molar-refractivity contribution in [2.45, 2.75) is 39.3 Å². The summed E-state index contributed by atoms with van der Waals surface area (Å²) in [6.07, 6.45) is 2.01. The Hall–Kier alpha value is -1.39. The lowest BCUT2D eigenvalue weighted by molar-refractivity contribution is -0.143. The Balaban J connectivity index is 2.17. The molecule has 0 amide bonds. The number of carboxylic acids is 1. The molecule has 116 valence electrons. The molecular weight excluding hydrogens is 266 g/mol. The molecule has 0 aromatic heterocycles. The highest BCUT2D eigenvalue weighted by molar-refractivity contribution is 5.71. The number of ether oxygens (including phenoxy) is 1. The average Bonchev–Trinajstić information content (AvgIpc) is 2.97. The van der Waals surface area contributed by atoms with E-state index in [-0.39, 0.29) is 6.04 Å². The molecule has 0 radical (unpaired) electrons. The van der Waals surface area contributed by atoms with E-state index in [9.17, 15) is 9.90 Å². The van der Waals surface area contributed by atoms with Gasteiger partial charge in [0.2, 0.25) is 0 Å². The van der Waals surface area contributed by atoms with Gasteiger partial charge in [-0.05, 0) is 30.5 Å². The van der Waals surface area contributed by atoms with Gasteiger partial charge in [0, 0.05) is 12.6 Å². The fraction of sp³-hybridized carbons (Fsp3) is 0.588. The zero-order chi connectivity index (χ0) is 15.2. The van der Waals surface area contributed by atoms with Crippen molar-refractivity contribution in [3.63, 3.8) is 0 Å². The van der Waals surface area contributed by atoms with Gasteiger partial charge in [-0.25, -0.2) is 0 Å². The van der Waals surface area contributed by atoms with Crippen LogP contribution < -0.4 is 0 Å². The van der Waals surface area contributed by atoms with Gasteiger partial charge in [-0.3, -0.25) is 9.69 Å². The molecule has 1 aromatic rings. The first-order valence-corrected chi connectivity index (χ1v) is 7.78. The number of hydrogen-bond donors (Lipinski definition) is 1. The van der Waals surface area contributed by atoms with E-state index in [0.29, 0.717) is 13.2 Å². The van der Waals surface area contributed by atoms with Crippen LogP contribution in [-0.2, 0) is 22.5 Å². The molecule has 0 aliphatic carbocycles. The van der Waals surface area contributed by atoms with E-state index in [1.54, 1.807) is 0 Å². The summed E-state index contributed by atoms with van der Waals surface area (Å²) < 4.78 is 5.43. The molecule has 21 heavy (non-hydrogen) atoms. The third-order valence-electron chi connectivity index (χ3n) is 4.22. The first-order valence-electron chi connectivity index (χ1n) is 7.78. The number of aliphatic carboxylic acids is 1. The fourth-order valence-corrected chi connectivity index (χ4v) is 3.06. The Morgan fingerprint density at radius 1 is 1.29 bits per heavy atom. The quantitative estimate of drug-likeness (QED) is 0.839. The highest BCUT2D eigenvalue weighted by Crippen LogP contribution is 2.23. The summed E-state index contributed by atoms with van der Waals surface area (Å²) >= 11 is 0. The smallest absolute Gasteiger partial charge is 0.310 e. The molecule has 1 fully saturated rings. The molecule has 1 aliphatic rings. The molecule has 2 unspecified atom stereocenters. The maximum atomic E-state index is 11.4. The largest absolute Gasteiger partial charge is 0.481 e. The lowest BCUT2D eigenvalue weighted by Crippen LogP contribution is -2.43. The van der Waals surface area contributed by atoms with Crippen molar-refractivity contribution in [2.24, 2.45) is 5.92 Å². The van der Waals surface area contributed by atoms with Crippen LogP contribution in [-0.4, -0.2) is 41.8 Å². The normalized spacial score (nSPS) is 21.9. The van der Waals surface area contributed by atoms with Crippen LogP contribution in [0, 0.1) is 5.92 Å². The summed E-state index contributed by atoms with van der Waals surface area (Å²) in [6, 6.07) is 8.39. The average molecular weight is 291 g/mol. The second-order valence-electron chi connectivity index (χ2n) is 5.64. The van der Waals surface area contributed by atoms with Crippen LogP contribution in [0.25, 0.3) is 0 Å². The van der Waals surface area contributed by atoms with E-state index in [1.165, 1.54) is 11.1 Å². The second-order valence-corrected chi connectivity index (χ2v) is 5.64.